The van der Waals surface area contributed by atoms with Gasteiger partial charge in [-0.2, -0.15) is 0 Å². The SMILES string of the molecule is O=C(O)C(CCO)NC(=O)N1C2CCC1CC(O)C2. The van der Waals surface area contributed by atoms with Gasteiger partial charge in [0.1, 0.15) is 6.04 Å². The number of rotatable bonds is 4. The molecule has 2 heterocycles. The number of hydrogen-bond acceptors (Lipinski definition) is 4. The van der Waals surface area contributed by atoms with E-state index in [9.17, 15) is 14.7 Å². The van der Waals surface area contributed by atoms with E-state index >= 15 is 0 Å². The molecule has 3 unspecified atom stereocenters. The molecule has 2 amide bonds. The Morgan fingerprint density at radius 2 is 1.84 bits per heavy atom. The molecule has 0 spiro atoms. The van der Waals surface area contributed by atoms with Crippen LogP contribution in [0.3, 0.4) is 0 Å². The lowest BCUT2D eigenvalue weighted by Gasteiger charge is -2.37. The number of piperidine rings is 1. The summed E-state index contributed by atoms with van der Waals surface area (Å²) in [6.45, 7) is -0.289. The standard InChI is InChI=1S/C12H20N2O5/c15-4-3-10(11(17)18)13-12(19)14-7-1-2-8(14)6-9(16)5-7/h7-10,15-16H,1-6H2,(H,13,19)(H,17,18). The summed E-state index contributed by atoms with van der Waals surface area (Å²) in [5, 5.41) is 29.9. The molecule has 2 bridgehead atoms. The van der Waals surface area contributed by atoms with Crippen LogP contribution in [0, 0.1) is 0 Å². The molecule has 0 aliphatic carbocycles. The topological polar surface area (TPSA) is 110 Å². The van der Waals surface area contributed by atoms with Crippen molar-refractivity contribution < 1.29 is 24.9 Å². The molecule has 2 aliphatic rings. The Bertz CT molecular complexity index is 348. The first-order chi connectivity index (χ1) is 9.02. The van der Waals surface area contributed by atoms with Crippen molar-refractivity contribution in [2.24, 2.45) is 0 Å². The molecule has 2 rings (SSSR count). The van der Waals surface area contributed by atoms with Gasteiger partial charge in [0.05, 0.1) is 6.10 Å². The van der Waals surface area contributed by atoms with Crippen LogP contribution in [0.1, 0.15) is 32.1 Å². The molecule has 0 saturated carbocycles. The van der Waals surface area contributed by atoms with E-state index in [1.165, 1.54) is 0 Å². The number of aliphatic carboxylic acids is 1. The highest BCUT2D eigenvalue weighted by Crippen LogP contribution is 2.35. The van der Waals surface area contributed by atoms with Crippen LogP contribution >= 0.6 is 0 Å². The zero-order valence-electron chi connectivity index (χ0n) is 10.7. The molecular weight excluding hydrogens is 252 g/mol. The Kier molecular flexibility index (Phi) is 4.26. The lowest BCUT2D eigenvalue weighted by molar-refractivity contribution is -0.139. The first-order valence-electron chi connectivity index (χ1n) is 6.63. The van der Waals surface area contributed by atoms with Gasteiger partial charge in [0.2, 0.25) is 0 Å². The summed E-state index contributed by atoms with van der Waals surface area (Å²) in [6.07, 6.45) is 2.45. The number of carboxylic acids is 1. The molecule has 0 aromatic carbocycles. The van der Waals surface area contributed by atoms with Gasteiger partial charge in [-0.3, -0.25) is 0 Å². The van der Waals surface area contributed by atoms with Gasteiger partial charge in [-0.05, 0) is 25.7 Å². The molecular formula is C12H20N2O5. The first kappa shape index (κ1) is 14.1. The Hall–Kier alpha value is -1.34. The van der Waals surface area contributed by atoms with Gasteiger partial charge in [0.15, 0.2) is 0 Å². The minimum Gasteiger partial charge on any atom is -0.480 e. The van der Waals surface area contributed by atoms with E-state index in [0.29, 0.717) is 12.8 Å². The van der Waals surface area contributed by atoms with Crippen LogP contribution in [0.2, 0.25) is 0 Å². The summed E-state index contributed by atoms with van der Waals surface area (Å²) in [7, 11) is 0. The molecule has 4 N–H and O–H groups in total. The van der Waals surface area contributed by atoms with Gasteiger partial charge in [-0.25, -0.2) is 9.59 Å². The third-order valence-electron chi connectivity index (χ3n) is 3.96. The number of carboxylic acid groups (broad SMARTS) is 1. The molecule has 19 heavy (non-hydrogen) atoms. The molecule has 2 fully saturated rings. The number of aliphatic hydroxyl groups is 2. The minimum atomic E-state index is -1.15. The summed E-state index contributed by atoms with van der Waals surface area (Å²) >= 11 is 0. The smallest absolute Gasteiger partial charge is 0.326 e. The summed E-state index contributed by atoms with van der Waals surface area (Å²) in [5.74, 6) is -1.15. The van der Waals surface area contributed by atoms with E-state index in [2.05, 4.69) is 5.32 Å². The van der Waals surface area contributed by atoms with Crippen molar-refractivity contribution >= 4 is 12.0 Å². The van der Waals surface area contributed by atoms with Crippen molar-refractivity contribution in [3.05, 3.63) is 0 Å². The molecule has 7 heteroatoms. The molecule has 2 saturated heterocycles. The van der Waals surface area contributed by atoms with Crippen LogP contribution in [0.15, 0.2) is 0 Å². The highest BCUT2D eigenvalue weighted by Gasteiger charge is 2.43. The highest BCUT2D eigenvalue weighted by molar-refractivity contribution is 5.83. The summed E-state index contributed by atoms with van der Waals surface area (Å²) < 4.78 is 0. The monoisotopic (exact) mass is 272 g/mol. The van der Waals surface area contributed by atoms with Gasteiger partial charge < -0.3 is 25.5 Å². The van der Waals surface area contributed by atoms with E-state index in [-0.39, 0.29) is 31.2 Å². The zero-order valence-corrected chi connectivity index (χ0v) is 10.7. The molecule has 0 radical (unpaired) electrons. The highest BCUT2D eigenvalue weighted by atomic mass is 16.4. The zero-order chi connectivity index (χ0) is 14.0. The number of nitrogens with one attached hydrogen (secondary N) is 1. The van der Waals surface area contributed by atoms with E-state index in [0.717, 1.165) is 12.8 Å². The lowest BCUT2D eigenvalue weighted by atomic mass is 10.0. The van der Waals surface area contributed by atoms with Crippen LogP contribution in [-0.4, -0.2) is 63.1 Å². The van der Waals surface area contributed by atoms with E-state index in [1.807, 2.05) is 0 Å². The number of urea groups is 1. The number of nitrogens with zero attached hydrogens (tertiary/aromatic N) is 1. The third-order valence-corrected chi connectivity index (χ3v) is 3.96. The maximum Gasteiger partial charge on any atom is 0.326 e. The average molecular weight is 272 g/mol. The molecule has 0 aromatic rings. The van der Waals surface area contributed by atoms with Crippen molar-refractivity contribution in [1.29, 1.82) is 0 Å². The van der Waals surface area contributed by atoms with Crippen LogP contribution in [0.25, 0.3) is 0 Å². The van der Waals surface area contributed by atoms with Crippen LogP contribution < -0.4 is 5.32 Å². The van der Waals surface area contributed by atoms with E-state index in [4.69, 9.17) is 10.2 Å². The molecule has 2 aliphatic heterocycles. The van der Waals surface area contributed by atoms with Gasteiger partial charge >= 0.3 is 12.0 Å². The van der Waals surface area contributed by atoms with Crippen LogP contribution in [0.5, 0.6) is 0 Å². The number of aliphatic hydroxyl groups excluding tert-OH is 2. The predicted molar refractivity (Wildman–Crippen MR) is 65.5 cm³/mol. The first-order valence-corrected chi connectivity index (χ1v) is 6.63. The third kappa shape index (κ3) is 2.98. The van der Waals surface area contributed by atoms with Gasteiger partial charge in [0, 0.05) is 25.1 Å². The second-order valence-electron chi connectivity index (χ2n) is 5.27. The van der Waals surface area contributed by atoms with Crippen molar-refractivity contribution in [3.8, 4) is 0 Å². The van der Waals surface area contributed by atoms with Crippen LogP contribution in [0.4, 0.5) is 4.79 Å². The fourth-order valence-corrected chi connectivity index (χ4v) is 3.09. The normalized spacial score (nSPS) is 31.1. The lowest BCUT2D eigenvalue weighted by Crippen LogP contribution is -2.55. The van der Waals surface area contributed by atoms with E-state index in [1.54, 1.807) is 4.90 Å². The van der Waals surface area contributed by atoms with Crippen molar-refractivity contribution in [3.63, 3.8) is 0 Å². The number of amides is 2. The molecule has 108 valence electrons. The van der Waals surface area contributed by atoms with Crippen molar-refractivity contribution in [2.75, 3.05) is 6.61 Å². The summed E-state index contributed by atoms with van der Waals surface area (Å²) in [6, 6.07) is -1.47. The number of hydrogen-bond donors (Lipinski definition) is 4. The van der Waals surface area contributed by atoms with Gasteiger partial charge in [-0.15, -0.1) is 0 Å². The number of carbonyl (C=O) groups excluding carboxylic acids is 1. The number of fused-ring (bicyclic) bond motifs is 2. The largest absolute Gasteiger partial charge is 0.480 e. The maximum absolute atomic E-state index is 12.1. The molecule has 0 aromatic heterocycles. The molecule has 3 atom stereocenters. The minimum absolute atomic E-state index is 0.00248. The Balaban J connectivity index is 1.98. The maximum atomic E-state index is 12.1. The van der Waals surface area contributed by atoms with Gasteiger partial charge in [-0.1, -0.05) is 0 Å². The van der Waals surface area contributed by atoms with Gasteiger partial charge in [0.25, 0.3) is 0 Å². The Morgan fingerprint density at radius 3 is 2.32 bits per heavy atom. The Labute approximate surface area is 111 Å². The van der Waals surface area contributed by atoms with E-state index < -0.39 is 18.0 Å². The van der Waals surface area contributed by atoms with Crippen LogP contribution in [-0.2, 0) is 4.79 Å². The fourth-order valence-electron chi connectivity index (χ4n) is 3.09. The average Bonchev–Trinajstić information content (AvgIpc) is 2.61. The summed E-state index contributed by atoms with van der Waals surface area (Å²) in [5.41, 5.74) is 0. The van der Waals surface area contributed by atoms with Crippen molar-refractivity contribution in [1.82, 2.24) is 10.2 Å². The Morgan fingerprint density at radius 1 is 1.26 bits per heavy atom. The quantitative estimate of drug-likeness (QED) is 0.552. The second-order valence-corrected chi connectivity index (χ2v) is 5.27. The fraction of sp³-hybridized carbons (Fsp3) is 0.833. The second kappa shape index (κ2) is 5.75. The predicted octanol–water partition coefficient (Wildman–Crippen LogP) is -0.481. The molecule has 7 nitrogen and oxygen atoms in total. The number of carbonyl (C=O) groups is 2. The summed E-state index contributed by atoms with van der Waals surface area (Å²) in [4.78, 5) is 24.8. The van der Waals surface area contributed by atoms with Crippen molar-refractivity contribution in [2.45, 2.75) is 56.3 Å².